The Morgan fingerprint density at radius 1 is 1.32 bits per heavy atom. The molecule has 22 heavy (non-hydrogen) atoms. The molecule has 1 aromatic heterocycles. The monoisotopic (exact) mass is 321 g/mol. The lowest BCUT2D eigenvalue weighted by molar-refractivity contribution is 0.0826. The summed E-state index contributed by atoms with van der Waals surface area (Å²) in [4.78, 5) is 2.40. The first kappa shape index (κ1) is 17.0. The van der Waals surface area contributed by atoms with Gasteiger partial charge in [0.1, 0.15) is 5.69 Å². The summed E-state index contributed by atoms with van der Waals surface area (Å²) in [6, 6.07) is 12.4. The minimum Gasteiger partial charge on any atom is -0.359 e. The highest BCUT2D eigenvalue weighted by Gasteiger charge is 2.33. The van der Waals surface area contributed by atoms with Crippen LogP contribution < -0.4 is 5.73 Å². The molecule has 0 saturated carbocycles. The van der Waals surface area contributed by atoms with Crippen molar-refractivity contribution in [3.63, 3.8) is 0 Å². The largest absolute Gasteiger partial charge is 0.359 e. The molecule has 2 heterocycles. The zero-order chi connectivity index (χ0) is 14.9. The van der Waals surface area contributed by atoms with Gasteiger partial charge in [0, 0.05) is 30.8 Å². The van der Waals surface area contributed by atoms with Gasteiger partial charge < -0.3 is 10.3 Å². The van der Waals surface area contributed by atoms with Crippen LogP contribution >= 0.6 is 12.4 Å². The standard InChI is InChI=1S/C17H23N3O.ClH/c1-17(2)12-20(9-8-16(17)18)11-14-10-15(19-21-14)13-6-4-3-5-7-13;/h3-7,10,16H,8-9,11-12,18H2,1-2H3;1H. The quantitative estimate of drug-likeness (QED) is 0.942. The molecule has 4 nitrogen and oxygen atoms in total. The maximum atomic E-state index is 6.19. The molecule has 1 atom stereocenters. The predicted octanol–water partition coefficient (Wildman–Crippen LogP) is 3.32. The third kappa shape index (κ3) is 3.69. The summed E-state index contributed by atoms with van der Waals surface area (Å²) in [5.74, 6) is 0.917. The SMILES string of the molecule is CC1(C)CN(Cc2cc(-c3ccccc3)no2)CCC1N.Cl. The topological polar surface area (TPSA) is 55.3 Å². The molecular weight excluding hydrogens is 298 g/mol. The van der Waals surface area contributed by atoms with Gasteiger partial charge in [-0.1, -0.05) is 49.3 Å². The van der Waals surface area contributed by atoms with Gasteiger partial charge in [-0.25, -0.2) is 0 Å². The zero-order valence-electron chi connectivity index (χ0n) is 13.2. The Kier molecular flexibility index (Phi) is 5.27. The summed E-state index contributed by atoms with van der Waals surface area (Å²) in [7, 11) is 0. The van der Waals surface area contributed by atoms with Gasteiger partial charge in [0.05, 0.1) is 6.54 Å². The second-order valence-corrected chi connectivity index (χ2v) is 6.64. The average Bonchev–Trinajstić information content (AvgIpc) is 2.92. The summed E-state index contributed by atoms with van der Waals surface area (Å²) in [5.41, 5.74) is 8.33. The van der Waals surface area contributed by atoms with E-state index in [0.29, 0.717) is 0 Å². The first-order valence-corrected chi connectivity index (χ1v) is 7.53. The van der Waals surface area contributed by atoms with Crippen LogP contribution in [0.4, 0.5) is 0 Å². The van der Waals surface area contributed by atoms with E-state index in [2.05, 4.69) is 23.9 Å². The third-order valence-electron chi connectivity index (χ3n) is 4.40. The fourth-order valence-electron chi connectivity index (χ4n) is 2.97. The molecule has 1 aromatic carbocycles. The average molecular weight is 322 g/mol. The molecule has 0 bridgehead atoms. The number of likely N-dealkylation sites (tertiary alicyclic amines) is 1. The Hall–Kier alpha value is -1.36. The van der Waals surface area contributed by atoms with Crippen LogP contribution in [-0.2, 0) is 6.54 Å². The molecule has 2 aromatic rings. The molecule has 0 amide bonds. The first-order chi connectivity index (χ1) is 10.0. The minimum absolute atomic E-state index is 0. The molecule has 1 aliphatic heterocycles. The highest BCUT2D eigenvalue weighted by molar-refractivity contribution is 5.85. The third-order valence-corrected chi connectivity index (χ3v) is 4.40. The number of nitrogens with zero attached hydrogens (tertiary/aromatic N) is 2. The van der Waals surface area contributed by atoms with Crippen LogP contribution in [0, 0.1) is 5.41 Å². The molecule has 1 unspecified atom stereocenters. The van der Waals surface area contributed by atoms with Crippen LogP contribution in [-0.4, -0.2) is 29.2 Å². The van der Waals surface area contributed by atoms with Crippen LogP contribution in [0.5, 0.6) is 0 Å². The minimum atomic E-state index is 0. The number of benzene rings is 1. The number of halogens is 1. The lowest BCUT2D eigenvalue weighted by Gasteiger charge is -2.42. The molecule has 1 saturated heterocycles. The predicted molar refractivity (Wildman–Crippen MR) is 90.8 cm³/mol. The Morgan fingerprint density at radius 3 is 2.73 bits per heavy atom. The number of hydrogen-bond acceptors (Lipinski definition) is 4. The Balaban J connectivity index is 0.00000176. The van der Waals surface area contributed by atoms with Crippen LogP contribution in [0.25, 0.3) is 11.3 Å². The van der Waals surface area contributed by atoms with Crippen LogP contribution in [0.3, 0.4) is 0 Å². The second-order valence-electron chi connectivity index (χ2n) is 6.64. The van der Waals surface area contributed by atoms with Crippen molar-refractivity contribution in [3.05, 3.63) is 42.2 Å². The molecule has 120 valence electrons. The molecule has 0 spiro atoms. The van der Waals surface area contributed by atoms with Gasteiger partial charge in [0.15, 0.2) is 5.76 Å². The summed E-state index contributed by atoms with van der Waals surface area (Å²) >= 11 is 0. The van der Waals surface area contributed by atoms with Crippen LogP contribution in [0.15, 0.2) is 40.9 Å². The number of rotatable bonds is 3. The highest BCUT2D eigenvalue weighted by atomic mass is 35.5. The van der Waals surface area contributed by atoms with Crippen molar-refractivity contribution in [2.75, 3.05) is 13.1 Å². The fraction of sp³-hybridized carbons (Fsp3) is 0.471. The molecule has 1 aliphatic rings. The van der Waals surface area contributed by atoms with E-state index in [0.717, 1.165) is 43.1 Å². The van der Waals surface area contributed by atoms with E-state index in [1.807, 2.05) is 36.4 Å². The van der Waals surface area contributed by atoms with Gasteiger partial charge in [0.25, 0.3) is 0 Å². The van der Waals surface area contributed by atoms with Crippen molar-refractivity contribution in [2.45, 2.75) is 32.9 Å². The number of piperidine rings is 1. The van der Waals surface area contributed by atoms with Gasteiger partial charge in [-0.15, -0.1) is 12.4 Å². The van der Waals surface area contributed by atoms with Crippen molar-refractivity contribution >= 4 is 12.4 Å². The smallest absolute Gasteiger partial charge is 0.151 e. The van der Waals surface area contributed by atoms with E-state index < -0.39 is 0 Å². The van der Waals surface area contributed by atoms with E-state index in [-0.39, 0.29) is 23.9 Å². The molecule has 5 heteroatoms. The van der Waals surface area contributed by atoms with Gasteiger partial charge >= 0.3 is 0 Å². The summed E-state index contributed by atoms with van der Waals surface area (Å²) in [6.45, 7) is 7.29. The van der Waals surface area contributed by atoms with Crippen LogP contribution in [0.1, 0.15) is 26.0 Å². The van der Waals surface area contributed by atoms with Crippen molar-refractivity contribution < 1.29 is 4.52 Å². The lowest BCUT2D eigenvalue weighted by atomic mass is 9.80. The number of aromatic nitrogens is 1. The number of hydrogen-bond donors (Lipinski definition) is 1. The van der Waals surface area contributed by atoms with Crippen molar-refractivity contribution in [2.24, 2.45) is 11.1 Å². The van der Waals surface area contributed by atoms with Gasteiger partial charge in [-0.3, -0.25) is 4.90 Å². The van der Waals surface area contributed by atoms with Crippen molar-refractivity contribution in [3.8, 4) is 11.3 Å². The van der Waals surface area contributed by atoms with E-state index in [1.165, 1.54) is 0 Å². The van der Waals surface area contributed by atoms with E-state index >= 15 is 0 Å². The second kappa shape index (κ2) is 6.82. The summed E-state index contributed by atoms with van der Waals surface area (Å²) in [5, 5.41) is 4.18. The fourth-order valence-corrected chi connectivity index (χ4v) is 2.97. The highest BCUT2D eigenvalue weighted by Crippen LogP contribution is 2.29. The van der Waals surface area contributed by atoms with Crippen LogP contribution in [0.2, 0.25) is 0 Å². The van der Waals surface area contributed by atoms with E-state index in [1.54, 1.807) is 0 Å². The Bertz CT molecular complexity index is 597. The zero-order valence-corrected chi connectivity index (χ0v) is 14.0. The molecular formula is C17H24ClN3O. The normalized spacial score (nSPS) is 21.3. The maximum Gasteiger partial charge on any atom is 0.151 e. The van der Waals surface area contributed by atoms with E-state index in [9.17, 15) is 0 Å². The van der Waals surface area contributed by atoms with Gasteiger partial charge in [-0.05, 0) is 11.8 Å². The lowest BCUT2D eigenvalue weighted by Crippen LogP contribution is -2.51. The van der Waals surface area contributed by atoms with Crippen molar-refractivity contribution in [1.29, 1.82) is 0 Å². The van der Waals surface area contributed by atoms with Crippen molar-refractivity contribution in [1.82, 2.24) is 10.1 Å². The Labute approximate surface area is 138 Å². The van der Waals surface area contributed by atoms with E-state index in [4.69, 9.17) is 10.3 Å². The summed E-state index contributed by atoms with van der Waals surface area (Å²) < 4.78 is 5.49. The molecule has 3 rings (SSSR count). The molecule has 0 aliphatic carbocycles. The Morgan fingerprint density at radius 2 is 2.05 bits per heavy atom. The van der Waals surface area contributed by atoms with Gasteiger partial charge in [-0.2, -0.15) is 0 Å². The molecule has 1 fully saturated rings. The maximum absolute atomic E-state index is 6.19. The molecule has 2 N–H and O–H groups in total. The summed E-state index contributed by atoms with van der Waals surface area (Å²) in [6.07, 6.45) is 1.03. The molecule has 0 radical (unpaired) electrons. The number of nitrogens with two attached hydrogens (primary N) is 1. The first-order valence-electron chi connectivity index (χ1n) is 7.53. The van der Waals surface area contributed by atoms with Gasteiger partial charge in [0.2, 0.25) is 0 Å².